The number of aromatic hydroxyl groups is 1. The number of cyclic esters (lactones) is 1. The van der Waals surface area contributed by atoms with E-state index >= 15 is 0 Å². The summed E-state index contributed by atoms with van der Waals surface area (Å²) in [5.41, 5.74) is 2.01. The molecular formula is C29H36Cl2N2O13Pt. The number of aliphatic hydroxyl groups excluding tert-OH is 2. The van der Waals surface area contributed by atoms with Gasteiger partial charge in [-0.15, -0.1) is 0 Å². The van der Waals surface area contributed by atoms with E-state index in [-0.39, 0.29) is 49.6 Å². The van der Waals surface area contributed by atoms with Gasteiger partial charge in [-0.2, -0.15) is 0 Å². The smallest absolute Gasteiger partial charge is 0.693 e. The number of halogens is 2. The predicted molar refractivity (Wildman–Crippen MR) is 161 cm³/mol. The Morgan fingerprint density at radius 1 is 0.894 bits per heavy atom. The molecule has 4 aliphatic heterocycles. The maximum Gasteiger partial charge on any atom is -0.693 e. The number of carbonyl (C=O) groups excluding carboxylic acids is 1. The standard InChI is InChI=1S/C29H32O13.2ClH.2H2N.Pt/c1-11-36-9-20-27(40-11)24(31)25(32)29(41-20)42-26-14-7-17-16(38-10-39-17)6-13(14)21(22-15(26)8-37-28(22)33)12-4-18(34-2)23(30)19(5-12)35-3;;;;;/h4-7,11,15,20-22,24-27,29-32H,8-10H2,1-3H3;2*1H;2*1H2;/q;;;2*-1;+4/p-2/t11-,15+,20-,21-,22+,24-,25-,26-,27-,29+;;;;;/m1...../s1. The summed E-state index contributed by atoms with van der Waals surface area (Å²) < 4.78 is 51.5. The molecule has 7 N–H and O–H groups in total. The minimum atomic E-state index is -1.44. The molecule has 2 aromatic carbocycles. The number of fused-ring (bicyclic) bond motifs is 4. The van der Waals surface area contributed by atoms with Crippen LogP contribution >= 0.6 is 18.8 Å². The fourth-order valence-corrected chi connectivity index (χ4v) is 6.74. The second-order valence-electron chi connectivity index (χ2n) is 11.0. The fourth-order valence-electron chi connectivity index (χ4n) is 6.74. The summed E-state index contributed by atoms with van der Waals surface area (Å²) in [7, 11) is 12.6. The van der Waals surface area contributed by atoms with Crippen LogP contribution in [-0.2, 0) is 45.0 Å². The average molecular weight is 887 g/mol. The number of methoxy groups -OCH3 is 2. The molecule has 2 aromatic rings. The summed E-state index contributed by atoms with van der Waals surface area (Å²) in [5, 5.41) is 32.5. The van der Waals surface area contributed by atoms with E-state index in [1.54, 1.807) is 31.2 Å². The van der Waals surface area contributed by atoms with Gasteiger partial charge in [0, 0.05) is 11.8 Å². The summed E-state index contributed by atoms with van der Waals surface area (Å²) in [4.78, 5) is 13.4. The number of hydrogen-bond acceptors (Lipinski definition) is 13. The van der Waals surface area contributed by atoms with Crippen molar-refractivity contribution in [2.24, 2.45) is 11.8 Å². The number of phenols is 1. The third-order valence-electron chi connectivity index (χ3n) is 8.75. The first kappa shape index (κ1) is 37.7. The number of esters is 1. The van der Waals surface area contributed by atoms with Crippen molar-refractivity contribution in [1.82, 2.24) is 0 Å². The topological polar surface area (TPSA) is 228 Å². The van der Waals surface area contributed by atoms with Crippen LogP contribution in [0.1, 0.15) is 35.6 Å². The SMILES string of the molecule is COc1cc([C@@H]2c3cc4c(cc3[C@@H](O[C@@H]3O[C@@H]5CO[C@@H](C)O[C@H]5[C@H](O)[C@H]3O)[C@H]3COC(=O)[C@H]23)OCO4)cc(OC)c1O.[Cl][Pt+2][Cl].[NH2-].[NH2-]. The Morgan fingerprint density at radius 2 is 1.51 bits per heavy atom. The van der Waals surface area contributed by atoms with Crippen molar-refractivity contribution in [3.8, 4) is 28.7 Å². The van der Waals surface area contributed by atoms with Crippen LogP contribution in [0.15, 0.2) is 24.3 Å². The molecule has 0 spiro atoms. The largest absolute Gasteiger partial charge is 0.693 e. The van der Waals surface area contributed by atoms with E-state index in [1.165, 1.54) is 14.2 Å². The van der Waals surface area contributed by atoms with E-state index in [0.29, 0.717) is 28.2 Å². The van der Waals surface area contributed by atoms with E-state index in [2.05, 4.69) is 0 Å². The molecule has 264 valence electrons. The number of rotatable bonds is 5. The van der Waals surface area contributed by atoms with Gasteiger partial charge in [-0.3, -0.25) is 4.79 Å². The summed E-state index contributed by atoms with van der Waals surface area (Å²) in [6, 6.07) is 6.93. The molecule has 0 saturated carbocycles. The number of phenolic OH excluding ortho intramolecular Hbond substituents is 1. The second-order valence-corrected chi connectivity index (χ2v) is 14.3. The molecule has 0 unspecified atom stereocenters. The van der Waals surface area contributed by atoms with Crippen LogP contribution < -0.4 is 18.9 Å². The Kier molecular flexibility index (Phi) is 12.5. The van der Waals surface area contributed by atoms with Gasteiger partial charge in [0.25, 0.3) is 0 Å². The molecule has 18 heteroatoms. The van der Waals surface area contributed by atoms with Crippen molar-refractivity contribution in [3.05, 3.63) is 53.3 Å². The van der Waals surface area contributed by atoms with Crippen LogP contribution in [0.5, 0.6) is 28.7 Å². The molecule has 3 fully saturated rings. The molecule has 7 rings (SSSR count). The van der Waals surface area contributed by atoms with E-state index in [4.69, 9.17) is 61.5 Å². The van der Waals surface area contributed by atoms with Gasteiger partial charge in [0.2, 0.25) is 12.5 Å². The molecule has 1 aliphatic carbocycles. The predicted octanol–water partition coefficient (Wildman–Crippen LogP) is 4.15. The van der Waals surface area contributed by atoms with Gasteiger partial charge in [0.15, 0.2) is 35.6 Å². The van der Waals surface area contributed by atoms with Crippen LogP contribution in [0.2, 0.25) is 0 Å². The van der Waals surface area contributed by atoms with Crippen LogP contribution in [0.3, 0.4) is 0 Å². The molecule has 0 amide bonds. The first-order valence-corrected chi connectivity index (χ1v) is 19.6. The zero-order valence-electron chi connectivity index (χ0n) is 25.4. The van der Waals surface area contributed by atoms with Crippen molar-refractivity contribution in [3.63, 3.8) is 0 Å². The van der Waals surface area contributed by atoms with Crippen LogP contribution in [0, 0.1) is 11.8 Å². The van der Waals surface area contributed by atoms with E-state index in [9.17, 15) is 20.1 Å². The summed E-state index contributed by atoms with van der Waals surface area (Å²) >= 11 is -0.472. The average Bonchev–Trinajstić information content (AvgIpc) is 3.66. The number of nitrogens with two attached hydrogens (primary N) is 2. The molecular weight excluding hydrogens is 850 g/mol. The molecule has 0 aromatic heterocycles. The van der Waals surface area contributed by atoms with Gasteiger partial charge in [0.1, 0.15) is 24.4 Å². The van der Waals surface area contributed by atoms with E-state index in [1.807, 2.05) is 0 Å². The van der Waals surface area contributed by atoms with Crippen molar-refractivity contribution in [2.75, 3.05) is 34.2 Å². The zero-order chi connectivity index (χ0) is 32.0. The molecule has 0 bridgehead atoms. The van der Waals surface area contributed by atoms with Gasteiger partial charge >= 0.3 is 41.3 Å². The third kappa shape index (κ3) is 6.86. The summed E-state index contributed by atoms with van der Waals surface area (Å²) in [6.45, 7) is 1.93. The van der Waals surface area contributed by atoms with Crippen molar-refractivity contribution in [1.29, 1.82) is 0 Å². The molecule has 47 heavy (non-hydrogen) atoms. The Morgan fingerprint density at radius 3 is 2.13 bits per heavy atom. The van der Waals surface area contributed by atoms with Crippen molar-refractivity contribution >= 4 is 24.8 Å². The summed E-state index contributed by atoms with van der Waals surface area (Å²) in [6.07, 6.45) is -6.80. The maximum absolute atomic E-state index is 13.4. The molecule has 3 saturated heterocycles. The van der Waals surface area contributed by atoms with Gasteiger partial charge in [-0.1, -0.05) is 0 Å². The molecule has 5 aliphatic rings. The molecule has 4 heterocycles. The Labute approximate surface area is 287 Å². The molecule has 10 atom stereocenters. The first-order chi connectivity index (χ1) is 21.7. The fraction of sp³-hybridized carbons (Fsp3) is 0.552. The first-order valence-electron chi connectivity index (χ1n) is 14.0. The Balaban J connectivity index is 0.000000965. The van der Waals surface area contributed by atoms with Crippen LogP contribution in [-0.4, -0.2) is 92.5 Å². The van der Waals surface area contributed by atoms with Gasteiger partial charge in [-0.05, 0) is 47.9 Å². The molecule has 0 radical (unpaired) electrons. The number of aliphatic hydroxyl groups is 2. The number of ether oxygens (including phenoxy) is 9. The zero-order valence-corrected chi connectivity index (χ0v) is 29.1. The Bertz CT molecular complexity index is 1400. The summed E-state index contributed by atoms with van der Waals surface area (Å²) in [5.74, 6) is -1.02. The Hall–Kier alpha value is -2.14. The normalized spacial score (nSPS) is 33.0. The van der Waals surface area contributed by atoms with Crippen LogP contribution in [0.25, 0.3) is 12.3 Å². The van der Waals surface area contributed by atoms with Crippen LogP contribution in [0.4, 0.5) is 0 Å². The van der Waals surface area contributed by atoms with E-state index in [0.717, 1.165) is 0 Å². The minimum absolute atomic E-state index is 0. The van der Waals surface area contributed by atoms with Gasteiger partial charge in [-0.25, -0.2) is 0 Å². The molecule has 15 nitrogen and oxygen atoms in total. The van der Waals surface area contributed by atoms with Gasteiger partial charge < -0.3 is 70.3 Å². The van der Waals surface area contributed by atoms with Crippen molar-refractivity contribution in [2.45, 2.75) is 55.9 Å². The van der Waals surface area contributed by atoms with Crippen molar-refractivity contribution < 1.29 is 79.2 Å². The maximum atomic E-state index is 13.4. The third-order valence-corrected chi connectivity index (χ3v) is 8.75. The van der Waals surface area contributed by atoms with E-state index < -0.39 is 83.3 Å². The second kappa shape index (κ2) is 15.6. The number of benzene rings is 2. The number of hydrogen-bond donors (Lipinski definition) is 3. The van der Waals surface area contributed by atoms with Gasteiger partial charge in [0.05, 0.1) is 39.5 Å². The minimum Gasteiger partial charge on any atom is -0.693 e. The monoisotopic (exact) mass is 885 g/mol. The number of carbonyl (C=O) groups is 1. The quantitative estimate of drug-likeness (QED) is 0.359.